The number of amides is 1. The standard InChI is InChI=1S/C20H21FN2O2S2/c21-15-2-4-16(5-3-15)25-12-11-22-7-1-8-23(10-9-22)20(24)19-14-18-17(27-19)6-13-26-18/h2-6,13-14H,1,7-12H2. The lowest BCUT2D eigenvalue weighted by molar-refractivity contribution is 0.0765. The van der Waals surface area contributed by atoms with E-state index in [4.69, 9.17) is 4.74 Å². The monoisotopic (exact) mass is 404 g/mol. The first-order valence-corrected chi connectivity index (χ1v) is 10.8. The molecule has 1 amide bonds. The third-order valence-electron chi connectivity index (χ3n) is 4.72. The third-order valence-corrected chi connectivity index (χ3v) is 6.80. The van der Waals surface area contributed by atoms with Gasteiger partial charge >= 0.3 is 0 Å². The van der Waals surface area contributed by atoms with Crippen LogP contribution >= 0.6 is 22.7 Å². The van der Waals surface area contributed by atoms with Crippen LogP contribution in [0.1, 0.15) is 16.1 Å². The zero-order valence-corrected chi connectivity index (χ0v) is 16.5. The number of rotatable bonds is 5. The smallest absolute Gasteiger partial charge is 0.264 e. The van der Waals surface area contributed by atoms with Gasteiger partial charge in [0.25, 0.3) is 5.91 Å². The van der Waals surface area contributed by atoms with Crippen molar-refractivity contribution >= 4 is 38.0 Å². The molecule has 2 aromatic heterocycles. The summed E-state index contributed by atoms with van der Waals surface area (Å²) >= 11 is 3.27. The Labute approximate surface area is 165 Å². The number of ether oxygens (including phenoxy) is 1. The summed E-state index contributed by atoms with van der Waals surface area (Å²) in [7, 11) is 0. The van der Waals surface area contributed by atoms with Crippen molar-refractivity contribution in [1.29, 1.82) is 0 Å². The molecular formula is C20H21FN2O2S2. The Morgan fingerprint density at radius 2 is 1.93 bits per heavy atom. The fraction of sp³-hybridized carbons (Fsp3) is 0.350. The largest absolute Gasteiger partial charge is 0.492 e. The van der Waals surface area contributed by atoms with Crippen molar-refractivity contribution in [2.45, 2.75) is 6.42 Å². The maximum absolute atomic E-state index is 12.9. The van der Waals surface area contributed by atoms with E-state index in [-0.39, 0.29) is 11.7 Å². The van der Waals surface area contributed by atoms with Gasteiger partial charge in [-0.15, -0.1) is 22.7 Å². The molecule has 1 fully saturated rings. The SMILES string of the molecule is O=C(c1cc2sccc2s1)N1CCCN(CCOc2ccc(F)cc2)CC1. The van der Waals surface area contributed by atoms with Crippen LogP contribution in [0.15, 0.2) is 41.8 Å². The van der Waals surface area contributed by atoms with Crippen LogP contribution in [0, 0.1) is 5.82 Å². The molecular weight excluding hydrogens is 383 g/mol. The minimum absolute atomic E-state index is 0.146. The molecule has 3 heterocycles. The first kappa shape index (κ1) is 18.4. The number of thiophene rings is 2. The minimum Gasteiger partial charge on any atom is -0.492 e. The van der Waals surface area contributed by atoms with Crippen molar-refractivity contribution in [2.24, 2.45) is 0 Å². The topological polar surface area (TPSA) is 32.8 Å². The Bertz CT molecular complexity index is 878. The number of hydrogen-bond acceptors (Lipinski definition) is 5. The molecule has 0 unspecified atom stereocenters. The van der Waals surface area contributed by atoms with Gasteiger partial charge in [0.1, 0.15) is 18.2 Å². The van der Waals surface area contributed by atoms with Crippen LogP contribution in [0.4, 0.5) is 4.39 Å². The quantitative estimate of drug-likeness (QED) is 0.635. The summed E-state index contributed by atoms with van der Waals surface area (Å²) in [6, 6.07) is 10.2. The highest BCUT2D eigenvalue weighted by molar-refractivity contribution is 7.27. The highest BCUT2D eigenvalue weighted by atomic mass is 32.1. The van der Waals surface area contributed by atoms with Crippen molar-refractivity contribution in [1.82, 2.24) is 9.80 Å². The molecule has 0 spiro atoms. The molecule has 4 rings (SSSR count). The van der Waals surface area contributed by atoms with Crippen molar-refractivity contribution in [3.63, 3.8) is 0 Å². The predicted molar refractivity (Wildman–Crippen MR) is 109 cm³/mol. The van der Waals surface area contributed by atoms with E-state index < -0.39 is 0 Å². The molecule has 0 N–H and O–H groups in total. The van der Waals surface area contributed by atoms with E-state index in [9.17, 15) is 9.18 Å². The van der Waals surface area contributed by atoms with Crippen LogP contribution in [0.25, 0.3) is 9.40 Å². The van der Waals surface area contributed by atoms with Gasteiger partial charge in [0.15, 0.2) is 0 Å². The molecule has 1 aromatic carbocycles. The molecule has 0 atom stereocenters. The van der Waals surface area contributed by atoms with E-state index in [2.05, 4.69) is 16.3 Å². The maximum atomic E-state index is 12.9. The zero-order valence-electron chi connectivity index (χ0n) is 14.9. The number of fused-ring (bicyclic) bond motifs is 1. The second-order valence-electron chi connectivity index (χ2n) is 6.55. The fourth-order valence-electron chi connectivity index (χ4n) is 3.25. The molecule has 1 aliphatic heterocycles. The molecule has 4 nitrogen and oxygen atoms in total. The Balaban J connectivity index is 1.27. The van der Waals surface area contributed by atoms with Gasteiger partial charge in [-0.2, -0.15) is 0 Å². The Hall–Kier alpha value is -1.96. The van der Waals surface area contributed by atoms with E-state index in [1.165, 1.54) is 21.5 Å². The average Bonchev–Trinajstić information content (AvgIpc) is 3.19. The summed E-state index contributed by atoms with van der Waals surface area (Å²) < 4.78 is 21.0. The minimum atomic E-state index is -0.259. The molecule has 3 aromatic rings. The summed E-state index contributed by atoms with van der Waals surface area (Å²) in [6.45, 7) is 4.68. The molecule has 7 heteroatoms. The van der Waals surface area contributed by atoms with Crippen LogP contribution in [-0.4, -0.2) is 55.0 Å². The molecule has 0 bridgehead atoms. The van der Waals surface area contributed by atoms with Gasteiger partial charge in [-0.3, -0.25) is 9.69 Å². The Morgan fingerprint density at radius 3 is 2.74 bits per heavy atom. The van der Waals surface area contributed by atoms with Gasteiger partial charge in [-0.25, -0.2) is 4.39 Å². The summed E-state index contributed by atoms with van der Waals surface area (Å²) in [4.78, 5) is 18.0. The zero-order chi connectivity index (χ0) is 18.6. The lowest BCUT2D eigenvalue weighted by atomic mass is 10.3. The van der Waals surface area contributed by atoms with Crippen LogP contribution in [-0.2, 0) is 0 Å². The maximum Gasteiger partial charge on any atom is 0.264 e. The number of hydrogen-bond donors (Lipinski definition) is 0. The van der Waals surface area contributed by atoms with Gasteiger partial charge in [0.2, 0.25) is 0 Å². The predicted octanol–water partition coefficient (Wildman–Crippen LogP) is 4.33. The lowest BCUT2D eigenvalue weighted by Crippen LogP contribution is -2.36. The molecule has 142 valence electrons. The van der Waals surface area contributed by atoms with E-state index in [0.717, 1.165) is 44.0 Å². The van der Waals surface area contributed by atoms with E-state index in [1.807, 2.05) is 11.0 Å². The average molecular weight is 405 g/mol. The fourth-order valence-corrected chi connectivity index (χ4v) is 5.32. The molecule has 1 aliphatic rings. The van der Waals surface area contributed by atoms with Crippen molar-refractivity contribution < 1.29 is 13.9 Å². The first-order valence-electron chi connectivity index (χ1n) is 9.06. The van der Waals surface area contributed by atoms with Crippen LogP contribution in [0.2, 0.25) is 0 Å². The second kappa shape index (κ2) is 8.37. The van der Waals surface area contributed by atoms with E-state index >= 15 is 0 Å². The van der Waals surface area contributed by atoms with E-state index in [1.54, 1.807) is 34.8 Å². The summed E-state index contributed by atoms with van der Waals surface area (Å²) in [5, 5.41) is 2.06. The molecule has 27 heavy (non-hydrogen) atoms. The van der Waals surface area contributed by atoms with Gasteiger partial charge in [-0.1, -0.05) is 0 Å². The Morgan fingerprint density at radius 1 is 1.07 bits per heavy atom. The van der Waals surface area contributed by atoms with Crippen LogP contribution < -0.4 is 4.74 Å². The van der Waals surface area contributed by atoms with Gasteiger partial charge in [-0.05, 0) is 48.2 Å². The number of nitrogens with zero attached hydrogens (tertiary/aromatic N) is 2. The molecule has 0 radical (unpaired) electrons. The van der Waals surface area contributed by atoms with Crippen LogP contribution in [0.3, 0.4) is 0 Å². The molecule has 1 saturated heterocycles. The van der Waals surface area contributed by atoms with Gasteiger partial charge < -0.3 is 9.64 Å². The first-order chi connectivity index (χ1) is 13.2. The number of halogens is 1. The van der Waals surface area contributed by atoms with Gasteiger partial charge in [0, 0.05) is 42.1 Å². The van der Waals surface area contributed by atoms with Crippen molar-refractivity contribution in [3.05, 3.63) is 52.5 Å². The number of benzene rings is 1. The Kier molecular flexibility index (Phi) is 5.71. The summed E-state index contributed by atoms with van der Waals surface area (Å²) in [6.07, 6.45) is 0.960. The second-order valence-corrected chi connectivity index (χ2v) is 8.58. The third kappa shape index (κ3) is 4.48. The number of carbonyl (C=O) groups is 1. The lowest BCUT2D eigenvalue weighted by Gasteiger charge is -2.21. The molecule has 0 aliphatic carbocycles. The van der Waals surface area contributed by atoms with Crippen LogP contribution in [0.5, 0.6) is 5.75 Å². The van der Waals surface area contributed by atoms with Gasteiger partial charge in [0.05, 0.1) is 4.88 Å². The normalized spacial score (nSPS) is 15.8. The van der Waals surface area contributed by atoms with Crippen molar-refractivity contribution in [3.8, 4) is 5.75 Å². The molecule has 0 saturated carbocycles. The number of carbonyl (C=O) groups excluding carboxylic acids is 1. The summed E-state index contributed by atoms with van der Waals surface area (Å²) in [5.74, 6) is 0.568. The highest BCUT2D eigenvalue weighted by Crippen LogP contribution is 2.30. The summed E-state index contributed by atoms with van der Waals surface area (Å²) in [5.41, 5.74) is 0. The van der Waals surface area contributed by atoms with Crippen molar-refractivity contribution in [2.75, 3.05) is 39.3 Å². The highest BCUT2D eigenvalue weighted by Gasteiger charge is 2.22. The van der Waals surface area contributed by atoms with E-state index in [0.29, 0.717) is 12.4 Å².